The van der Waals surface area contributed by atoms with Gasteiger partial charge in [-0.2, -0.15) is 0 Å². The molecule has 0 bridgehead atoms. The topological polar surface area (TPSA) is 65.3 Å². The molecule has 1 N–H and O–H groups in total. The average molecular weight is 345 g/mol. The maximum Gasteiger partial charge on any atom is 0.260 e. The predicted octanol–water partition coefficient (Wildman–Crippen LogP) is 2.26. The highest BCUT2D eigenvalue weighted by atomic mass is 16.5. The van der Waals surface area contributed by atoms with Crippen molar-refractivity contribution in [1.82, 2.24) is 14.5 Å². The minimum absolute atomic E-state index is 0.128. The number of nitrogens with one attached hydrogen (secondary N) is 1. The largest absolute Gasteiger partial charge is 0.378 e. The Morgan fingerprint density at radius 3 is 2.68 bits per heavy atom. The molecule has 0 aromatic carbocycles. The maximum atomic E-state index is 12.7. The van der Waals surface area contributed by atoms with Crippen molar-refractivity contribution < 1.29 is 9.53 Å². The third-order valence-corrected chi connectivity index (χ3v) is 5.00. The van der Waals surface area contributed by atoms with E-state index in [2.05, 4.69) is 12.2 Å². The predicted molar refractivity (Wildman–Crippen MR) is 98.0 cm³/mol. The molecule has 0 saturated heterocycles. The lowest BCUT2D eigenvalue weighted by Crippen LogP contribution is -2.48. The van der Waals surface area contributed by atoms with Crippen LogP contribution in [0, 0.1) is 6.92 Å². The van der Waals surface area contributed by atoms with Gasteiger partial charge in [0.05, 0.1) is 22.6 Å². The molecule has 0 spiro atoms. The third kappa shape index (κ3) is 3.35. The molecule has 1 amide bonds. The first kappa shape index (κ1) is 17.7. The van der Waals surface area contributed by atoms with Gasteiger partial charge in [0.1, 0.15) is 0 Å². The molecule has 0 radical (unpaired) electrons. The minimum atomic E-state index is -0.176. The summed E-state index contributed by atoms with van der Waals surface area (Å²) in [7, 11) is 3.58. The quantitative estimate of drug-likeness (QED) is 0.817. The van der Waals surface area contributed by atoms with Gasteiger partial charge in [0.15, 0.2) is 0 Å². The molecule has 2 aromatic rings. The van der Waals surface area contributed by atoms with E-state index in [1.165, 1.54) is 4.57 Å². The summed E-state index contributed by atoms with van der Waals surface area (Å²) in [6, 6.07) is 0.128. The number of amides is 1. The molecular formula is C19H27N3O3. The van der Waals surface area contributed by atoms with Crippen LogP contribution in [-0.4, -0.2) is 33.8 Å². The Kier molecular flexibility index (Phi) is 4.99. The normalized spacial score (nSPS) is 19.8. The third-order valence-electron chi connectivity index (χ3n) is 5.00. The molecule has 0 atom stereocenters. The molecule has 1 aliphatic rings. The molecule has 2 aromatic heterocycles. The number of nitrogens with zero attached hydrogens (tertiary/aromatic N) is 2. The summed E-state index contributed by atoms with van der Waals surface area (Å²) in [6.45, 7) is 4.89. The monoisotopic (exact) mass is 345 g/mol. The van der Waals surface area contributed by atoms with Gasteiger partial charge in [-0.1, -0.05) is 13.3 Å². The zero-order valence-corrected chi connectivity index (χ0v) is 15.5. The summed E-state index contributed by atoms with van der Waals surface area (Å²) in [5.41, 5.74) is 2.12. The molecule has 1 aliphatic carbocycles. The first-order valence-electron chi connectivity index (χ1n) is 9.00. The summed E-state index contributed by atoms with van der Waals surface area (Å²) in [5.74, 6) is -0.176. The van der Waals surface area contributed by atoms with Crippen molar-refractivity contribution in [2.45, 2.75) is 51.7 Å². The molecule has 2 heterocycles. The van der Waals surface area contributed by atoms with Crippen LogP contribution in [0.2, 0.25) is 0 Å². The molecule has 0 unspecified atom stereocenters. The van der Waals surface area contributed by atoms with Crippen LogP contribution in [0.4, 0.5) is 0 Å². The number of hydrogen-bond donors (Lipinski definition) is 1. The molecular weight excluding hydrogens is 318 g/mol. The number of aromatic nitrogens is 2. The maximum absolute atomic E-state index is 12.7. The number of hydrogen-bond acceptors (Lipinski definition) is 3. The second kappa shape index (κ2) is 7.04. The lowest BCUT2D eigenvalue weighted by atomic mass is 9.89. The fourth-order valence-corrected chi connectivity index (χ4v) is 3.55. The van der Waals surface area contributed by atoms with E-state index in [1.54, 1.807) is 19.4 Å². The summed E-state index contributed by atoms with van der Waals surface area (Å²) < 4.78 is 9.15. The zero-order chi connectivity index (χ0) is 18.1. The summed E-state index contributed by atoms with van der Waals surface area (Å²) in [4.78, 5) is 25.2. The van der Waals surface area contributed by atoms with E-state index < -0.39 is 0 Å². The Morgan fingerprint density at radius 2 is 2.00 bits per heavy atom. The summed E-state index contributed by atoms with van der Waals surface area (Å²) in [6.07, 6.45) is 7.70. The van der Waals surface area contributed by atoms with Gasteiger partial charge in [0.2, 0.25) is 0 Å². The van der Waals surface area contributed by atoms with Crippen LogP contribution in [0.15, 0.2) is 17.2 Å². The van der Waals surface area contributed by atoms with Crippen LogP contribution < -0.4 is 10.9 Å². The number of unbranched alkanes of at least 4 members (excludes halogenated alkanes) is 1. The average Bonchev–Trinajstić information content (AvgIpc) is 2.88. The lowest BCUT2D eigenvalue weighted by Gasteiger charge is -2.35. The fourth-order valence-electron chi connectivity index (χ4n) is 3.55. The van der Waals surface area contributed by atoms with Crippen LogP contribution in [0.5, 0.6) is 0 Å². The first-order chi connectivity index (χ1) is 11.9. The molecule has 1 saturated carbocycles. The summed E-state index contributed by atoms with van der Waals surface area (Å²) >= 11 is 0. The smallest absolute Gasteiger partial charge is 0.260 e. The van der Waals surface area contributed by atoms with Gasteiger partial charge in [-0.25, -0.2) is 0 Å². The van der Waals surface area contributed by atoms with Crippen molar-refractivity contribution in [3.63, 3.8) is 0 Å². The highest BCUT2D eigenvalue weighted by Crippen LogP contribution is 2.25. The van der Waals surface area contributed by atoms with E-state index in [0.29, 0.717) is 10.9 Å². The van der Waals surface area contributed by atoms with E-state index in [-0.39, 0.29) is 23.6 Å². The van der Waals surface area contributed by atoms with Gasteiger partial charge < -0.3 is 19.2 Å². The number of carbonyl (C=O) groups excluding carboxylic acids is 1. The zero-order valence-electron chi connectivity index (χ0n) is 15.5. The van der Waals surface area contributed by atoms with E-state index in [4.69, 9.17) is 4.74 Å². The number of rotatable bonds is 6. The molecule has 1 fully saturated rings. The van der Waals surface area contributed by atoms with Crippen LogP contribution in [-0.2, 0) is 18.8 Å². The molecule has 25 heavy (non-hydrogen) atoms. The fraction of sp³-hybridized carbons (Fsp3) is 0.579. The minimum Gasteiger partial charge on any atom is -0.378 e. The van der Waals surface area contributed by atoms with Crippen molar-refractivity contribution in [2.75, 3.05) is 6.61 Å². The number of ether oxygens (including phenoxy) is 1. The molecule has 6 nitrogen and oxygen atoms in total. The first-order valence-corrected chi connectivity index (χ1v) is 9.00. The molecule has 0 aliphatic heterocycles. The number of fused-ring (bicyclic) bond motifs is 1. The van der Waals surface area contributed by atoms with Crippen molar-refractivity contribution >= 4 is 16.8 Å². The standard InChI is InChI=1S/C19H27N3O3/c1-5-6-7-25-14-8-13(9-14)20-18(23)15-11-21(3)17-12(2)10-22(4)19(24)16(15)17/h10-11,13-14H,5-9H2,1-4H3,(H,20,23). The van der Waals surface area contributed by atoms with Crippen molar-refractivity contribution in [3.8, 4) is 0 Å². The van der Waals surface area contributed by atoms with Gasteiger partial charge >= 0.3 is 0 Å². The highest BCUT2D eigenvalue weighted by molar-refractivity contribution is 6.07. The van der Waals surface area contributed by atoms with Crippen LogP contribution >= 0.6 is 0 Å². The van der Waals surface area contributed by atoms with Crippen molar-refractivity contribution in [3.05, 3.63) is 33.9 Å². The molecule has 136 valence electrons. The van der Waals surface area contributed by atoms with Gasteiger partial charge in [0.25, 0.3) is 11.5 Å². The van der Waals surface area contributed by atoms with Crippen LogP contribution in [0.1, 0.15) is 48.5 Å². The Morgan fingerprint density at radius 1 is 1.28 bits per heavy atom. The van der Waals surface area contributed by atoms with E-state index in [0.717, 1.165) is 43.4 Å². The van der Waals surface area contributed by atoms with E-state index in [1.807, 2.05) is 18.5 Å². The SMILES string of the molecule is CCCCOC1CC(NC(=O)c2cn(C)c3c(C)cn(C)c(=O)c23)C1. The van der Waals surface area contributed by atoms with Crippen LogP contribution in [0.25, 0.3) is 10.9 Å². The summed E-state index contributed by atoms with van der Waals surface area (Å²) in [5, 5.41) is 3.54. The number of carbonyl (C=O) groups is 1. The molecule has 6 heteroatoms. The second-order valence-corrected chi connectivity index (χ2v) is 7.09. The van der Waals surface area contributed by atoms with Crippen molar-refractivity contribution in [1.29, 1.82) is 0 Å². The van der Waals surface area contributed by atoms with E-state index >= 15 is 0 Å². The molecule has 3 rings (SSSR count). The van der Waals surface area contributed by atoms with Gasteiger partial charge in [-0.3, -0.25) is 9.59 Å². The van der Waals surface area contributed by atoms with E-state index in [9.17, 15) is 9.59 Å². The van der Waals surface area contributed by atoms with Crippen LogP contribution in [0.3, 0.4) is 0 Å². The highest BCUT2D eigenvalue weighted by Gasteiger charge is 2.32. The van der Waals surface area contributed by atoms with Gasteiger partial charge in [-0.15, -0.1) is 0 Å². The van der Waals surface area contributed by atoms with Gasteiger partial charge in [-0.05, 0) is 31.7 Å². The Labute approximate surface area is 147 Å². The Hall–Kier alpha value is -2.08. The van der Waals surface area contributed by atoms with Crippen molar-refractivity contribution in [2.24, 2.45) is 14.1 Å². The number of pyridine rings is 1. The second-order valence-electron chi connectivity index (χ2n) is 7.09. The Bertz CT molecular complexity index is 844. The lowest BCUT2D eigenvalue weighted by molar-refractivity contribution is -0.0161. The Balaban J connectivity index is 1.73. The van der Waals surface area contributed by atoms with Gasteiger partial charge in [0, 0.05) is 39.1 Å². The number of aryl methyl sites for hydroxylation is 3.